The molecular formula is C19H29NOS. The molecule has 0 unspecified atom stereocenters. The minimum atomic E-state index is -0.229. The summed E-state index contributed by atoms with van der Waals surface area (Å²) in [6.07, 6.45) is 5.67. The van der Waals surface area contributed by atoms with Crippen LogP contribution in [0, 0.1) is 0 Å². The van der Waals surface area contributed by atoms with Crippen LogP contribution in [0.4, 0.5) is 0 Å². The van der Waals surface area contributed by atoms with Gasteiger partial charge in [-0.3, -0.25) is 4.79 Å². The van der Waals surface area contributed by atoms with Crippen LogP contribution in [0.3, 0.4) is 0 Å². The molecule has 1 saturated carbocycles. The van der Waals surface area contributed by atoms with Crippen molar-refractivity contribution in [3.63, 3.8) is 0 Å². The lowest BCUT2D eigenvalue weighted by atomic mass is 9.70. The summed E-state index contributed by atoms with van der Waals surface area (Å²) in [5, 5.41) is 0.394. The Morgan fingerprint density at radius 1 is 1.09 bits per heavy atom. The molecule has 2 rings (SSSR count). The molecular weight excluding hydrogens is 290 g/mol. The van der Waals surface area contributed by atoms with E-state index in [2.05, 4.69) is 43.0 Å². The molecule has 1 aromatic carbocycles. The van der Waals surface area contributed by atoms with E-state index in [0.29, 0.717) is 5.12 Å². The van der Waals surface area contributed by atoms with Crippen molar-refractivity contribution in [3.8, 4) is 0 Å². The molecule has 0 aromatic heterocycles. The Balaban J connectivity index is 2.04. The van der Waals surface area contributed by atoms with Crippen molar-refractivity contribution < 1.29 is 4.79 Å². The second-order valence-corrected chi connectivity index (χ2v) is 7.24. The van der Waals surface area contributed by atoms with Crippen LogP contribution in [0.5, 0.6) is 0 Å². The van der Waals surface area contributed by atoms with Gasteiger partial charge in [0.15, 0.2) is 5.12 Å². The fraction of sp³-hybridized carbons (Fsp3) is 0.632. The second-order valence-electron chi connectivity index (χ2n) is 6.17. The number of nitrogens with zero attached hydrogens (tertiary/aromatic N) is 1. The minimum Gasteiger partial charge on any atom is -0.303 e. The highest BCUT2D eigenvalue weighted by Crippen LogP contribution is 2.42. The fourth-order valence-corrected chi connectivity index (χ4v) is 4.60. The Kier molecular flexibility index (Phi) is 6.97. The first-order valence-electron chi connectivity index (χ1n) is 8.68. The largest absolute Gasteiger partial charge is 0.303 e. The summed E-state index contributed by atoms with van der Waals surface area (Å²) in [6, 6.07) is 10.5. The number of rotatable bonds is 7. The van der Waals surface area contributed by atoms with E-state index >= 15 is 0 Å². The van der Waals surface area contributed by atoms with Crippen LogP contribution in [0.1, 0.15) is 51.5 Å². The quantitative estimate of drug-likeness (QED) is 0.738. The predicted octanol–water partition coefficient (Wildman–Crippen LogP) is 4.49. The molecule has 0 heterocycles. The van der Waals surface area contributed by atoms with Crippen LogP contribution in [-0.4, -0.2) is 35.4 Å². The number of thioether (sulfide) groups is 1. The smallest absolute Gasteiger partial charge is 0.199 e. The van der Waals surface area contributed by atoms with Crippen molar-refractivity contribution in [1.82, 2.24) is 4.90 Å². The molecule has 3 heteroatoms. The lowest BCUT2D eigenvalue weighted by Crippen LogP contribution is -2.37. The van der Waals surface area contributed by atoms with Crippen molar-refractivity contribution in [1.29, 1.82) is 0 Å². The molecule has 0 N–H and O–H groups in total. The van der Waals surface area contributed by atoms with Crippen LogP contribution in [0.2, 0.25) is 0 Å². The highest BCUT2D eigenvalue weighted by Gasteiger charge is 2.40. The molecule has 1 aromatic rings. The van der Waals surface area contributed by atoms with Gasteiger partial charge < -0.3 is 4.90 Å². The lowest BCUT2D eigenvalue weighted by Gasteiger charge is -2.36. The van der Waals surface area contributed by atoms with Crippen LogP contribution in [0.25, 0.3) is 0 Å². The second kappa shape index (κ2) is 8.73. The maximum absolute atomic E-state index is 13.0. The lowest BCUT2D eigenvalue weighted by molar-refractivity contribution is -0.117. The average Bonchev–Trinajstić information content (AvgIpc) is 2.60. The van der Waals surface area contributed by atoms with Crippen molar-refractivity contribution in [3.05, 3.63) is 35.9 Å². The third-order valence-electron chi connectivity index (χ3n) is 4.96. The summed E-state index contributed by atoms with van der Waals surface area (Å²) in [5.74, 6) is 0.912. The summed E-state index contributed by atoms with van der Waals surface area (Å²) in [4.78, 5) is 15.4. The molecule has 0 spiro atoms. The van der Waals surface area contributed by atoms with Gasteiger partial charge in [-0.05, 0) is 31.5 Å². The molecule has 1 aliphatic carbocycles. The fourth-order valence-electron chi connectivity index (χ4n) is 3.47. The number of hydrogen-bond donors (Lipinski definition) is 0. The van der Waals surface area contributed by atoms with Crippen molar-refractivity contribution in [2.75, 3.05) is 25.4 Å². The molecule has 0 aliphatic heterocycles. The van der Waals surface area contributed by atoms with Gasteiger partial charge in [0, 0.05) is 12.3 Å². The van der Waals surface area contributed by atoms with Gasteiger partial charge in [-0.15, -0.1) is 0 Å². The van der Waals surface area contributed by atoms with E-state index in [1.54, 1.807) is 11.8 Å². The van der Waals surface area contributed by atoms with Gasteiger partial charge in [0.2, 0.25) is 0 Å². The standard InChI is InChI=1S/C19H29NOS/c1-3-20(4-2)15-16-22-18(21)19(13-9-6-10-14-19)17-11-7-5-8-12-17/h5,7-8,11-12H,3-4,6,9-10,13-16H2,1-2H3. The Morgan fingerprint density at radius 2 is 1.73 bits per heavy atom. The first kappa shape index (κ1) is 17.6. The van der Waals surface area contributed by atoms with Gasteiger partial charge >= 0.3 is 0 Å². The van der Waals surface area contributed by atoms with Crippen LogP contribution < -0.4 is 0 Å². The molecule has 0 saturated heterocycles. The first-order valence-corrected chi connectivity index (χ1v) is 9.66. The summed E-state index contributed by atoms with van der Waals surface area (Å²) in [6.45, 7) is 7.50. The Morgan fingerprint density at radius 3 is 2.32 bits per heavy atom. The zero-order valence-electron chi connectivity index (χ0n) is 14.0. The van der Waals surface area contributed by atoms with Crippen LogP contribution in [-0.2, 0) is 10.2 Å². The van der Waals surface area contributed by atoms with Gasteiger partial charge in [-0.25, -0.2) is 0 Å². The average molecular weight is 320 g/mol. The summed E-state index contributed by atoms with van der Waals surface area (Å²) < 4.78 is 0. The normalized spacial score (nSPS) is 17.6. The Hall–Kier alpha value is -0.800. The summed E-state index contributed by atoms with van der Waals surface area (Å²) in [5.41, 5.74) is 1.00. The number of hydrogen-bond acceptors (Lipinski definition) is 3. The molecule has 1 aliphatic rings. The number of benzene rings is 1. The zero-order chi connectivity index (χ0) is 15.8. The molecule has 22 heavy (non-hydrogen) atoms. The van der Waals surface area contributed by atoms with Gasteiger partial charge in [-0.1, -0.05) is 75.2 Å². The highest BCUT2D eigenvalue weighted by molar-refractivity contribution is 8.13. The van der Waals surface area contributed by atoms with E-state index in [-0.39, 0.29) is 5.41 Å². The van der Waals surface area contributed by atoms with E-state index in [9.17, 15) is 4.79 Å². The van der Waals surface area contributed by atoms with Crippen molar-refractivity contribution in [2.45, 2.75) is 51.4 Å². The van der Waals surface area contributed by atoms with Crippen molar-refractivity contribution in [2.24, 2.45) is 0 Å². The maximum Gasteiger partial charge on any atom is 0.199 e. The number of carbonyl (C=O) groups is 1. The maximum atomic E-state index is 13.0. The molecule has 122 valence electrons. The van der Waals surface area contributed by atoms with E-state index in [1.165, 1.54) is 24.8 Å². The van der Waals surface area contributed by atoms with Crippen LogP contribution >= 0.6 is 11.8 Å². The third-order valence-corrected chi connectivity index (χ3v) is 6.00. The molecule has 2 nitrogen and oxygen atoms in total. The van der Waals surface area contributed by atoms with E-state index < -0.39 is 0 Å². The van der Waals surface area contributed by atoms with E-state index in [1.807, 2.05) is 6.07 Å². The van der Waals surface area contributed by atoms with Gasteiger partial charge in [0.1, 0.15) is 0 Å². The molecule has 0 amide bonds. The van der Waals surface area contributed by atoms with Gasteiger partial charge in [0.25, 0.3) is 0 Å². The van der Waals surface area contributed by atoms with Crippen LogP contribution in [0.15, 0.2) is 30.3 Å². The monoisotopic (exact) mass is 319 g/mol. The topological polar surface area (TPSA) is 20.3 Å². The van der Waals surface area contributed by atoms with Gasteiger partial charge in [0.05, 0.1) is 5.41 Å². The number of carbonyl (C=O) groups excluding carboxylic acids is 1. The van der Waals surface area contributed by atoms with E-state index in [0.717, 1.165) is 38.2 Å². The molecule has 1 fully saturated rings. The minimum absolute atomic E-state index is 0.229. The molecule has 0 bridgehead atoms. The summed E-state index contributed by atoms with van der Waals surface area (Å²) >= 11 is 1.56. The third kappa shape index (κ3) is 4.14. The molecule has 0 radical (unpaired) electrons. The zero-order valence-corrected chi connectivity index (χ0v) is 14.8. The SMILES string of the molecule is CCN(CC)CCSC(=O)C1(c2ccccc2)CCCCC1. The first-order chi connectivity index (χ1) is 10.7. The predicted molar refractivity (Wildman–Crippen MR) is 96.5 cm³/mol. The molecule has 0 atom stereocenters. The Labute approximate surface area is 139 Å². The highest BCUT2D eigenvalue weighted by atomic mass is 32.2. The Bertz CT molecular complexity index is 450. The van der Waals surface area contributed by atoms with Gasteiger partial charge in [-0.2, -0.15) is 0 Å². The van der Waals surface area contributed by atoms with Crippen molar-refractivity contribution >= 4 is 16.9 Å². The summed E-state index contributed by atoms with van der Waals surface area (Å²) in [7, 11) is 0. The van der Waals surface area contributed by atoms with E-state index in [4.69, 9.17) is 0 Å².